The summed E-state index contributed by atoms with van der Waals surface area (Å²) < 4.78 is 1.09. The number of anilines is 3. The lowest BCUT2D eigenvalue weighted by Crippen LogP contribution is -2.23. The van der Waals surface area contributed by atoms with Gasteiger partial charge in [0, 0.05) is 36.3 Å². The second-order valence-corrected chi connectivity index (χ2v) is 7.20. The maximum absolute atomic E-state index is 12.4. The SMILES string of the molecule is CN(C)c1nc(N2CCCC2)ncc1NC(=O)c1ccc(I)cc1. The number of amides is 1. The minimum absolute atomic E-state index is 0.160. The maximum atomic E-state index is 12.4. The summed E-state index contributed by atoms with van der Waals surface area (Å²) in [6.45, 7) is 1.97. The molecule has 1 saturated heterocycles. The van der Waals surface area contributed by atoms with Gasteiger partial charge in [-0.05, 0) is 59.7 Å². The molecule has 126 valence electrons. The first kappa shape index (κ1) is 16.9. The van der Waals surface area contributed by atoms with Gasteiger partial charge in [0.2, 0.25) is 5.95 Å². The van der Waals surface area contributed by atoms with Crippen LogP contribution in [0.3, 0.4) is 0 Å². The highest BCUT2D eigenvalue weighted by Crippen LogP contribution is 2.25. The first-order valence-electron chi connectivity index (χ1n) is 7.91. The molecular weight excluding hydrogens is 417 g/mol. The molecule has 2 heterocycles. The van der Waals surface area contributed by atoms with Crippen LogP contribution in [-0.2, 0) is 0 Å². The molecule has 1 fully saturated rings. The van der Waals surface area contributed by atoms with E-state index in [-0.39, 0.29) is 5.91 Å². The number of aromatic nitrogens is 2. The minimum Gasteiger partial charge on any atom is -0.361 e. The number of benzene rings is 1. The van der Waals surface area contributed by atoms with Gasteiger partial charge in [0.1, 0.15) is 5.69 Å². The first-order valence-corrected chi connectivity index (χ1v) is 8.99. The Hall–Kier alpha value is -1.90. The van der Waals surface area contributed by atoms with Crippen molar-refractivity contribution >= 4 is 46.0 Å². The molecule has 0 atom stereocenters. The van der Waals surface area contributed by atoms with Crippen molar-refractivity contribution in [2.24, 2.45) is 0 Å². The molecule has 0 unspecified atom stereocenters. The van der Waals surface area contributed by atoms with Crippen molar-refractivity contribution in [3.8, 4) is 0 Å². The Balaban J connectivity index is 1.83. The highest BCUT2D eigenvalue weighted by Gasteiger charge is 2.18. The Kier molecular flexibility index (Phi) is 5.17. The molecule has 2 aromatic rings. The van der Waals surface area contributed by atoms with E-state index in [9.17, 15) is 4.79 Å². The van der Waals surface area contributed by atoms with Crippen LogP contribution >= 0.6 is 22.6 Å². The summed E-state index contributed by atoms with van der Waals surface area (Å²) in [4.78, 5) is 25.6. The van der Waals surface area contributed by atoms with Crippen molar-refractivity contribution in [2.75, 3.05) is 42.3 Å². The first-order chi connectivity index (χ1) is 11.5. The van der Waals surface area contributed by atoms with E-state index in [2.05, 4.69) is 42.8 Å². The molecule has 1 aliphatic heterocycles. The molecule has 6 nitrogen and oxygen atoms in total. The molecule has 0 saturated carbocycles. The summed E-state index contributed by atoms with van der Waals surface area (Å²) in [5.41, 5.74) is 1.23. The van der Waals surface area contributed by atoms with E-state index in [1.165, 1.54) is 12.8 Å². The van der Waals surface area contributed by atoms with Gasteiger partial charge in [0.05, 0.1) is 6.20 Å². The van der Waals surface area contributed by atoms with Gasteiger partial charge in [-0.3, -0.25) is 4.79 Å². The van der Waals surface area contributed by atoms with Gasteiger partial charge in [0.15, 0.2) is 5.82 Å². The number of carbonyl (C=O) groups is 1. The van der Waals surface area contributed by atoms with E-state index < -0.39 is 0 Å². The molecule has 0 bridgehead atoms. The van der Waals surface area contributed by atoms with E-state index in [1.807, 2.05) is 43.3 Å². The number of nitrogens with zero attached hydrogens (tertiary/aromatic N) is 4. The fraction of sp³-hybridized carbons (Fsp3) is 0.353. The largest absolute Gasteiger partial charge is 0.361 e. The Labute approximate surface area is 155 Å². The molecule has 1 aliphatic rings. The summed E-state index contributed by atoms with van der Waals surface area (Å²) >= 11 is 2.22. The van der Waals surface area contributed by atoms with Crippen molar-refractivity contribution in [1.82, 2.24) is 9.97 Å². The van der Waals surface area contributed by atoms with Crippen LogP contribution in [0.1, 0.15) is 23.2 Å². The predicted octanol–water partition coefficient (Wildman–Crippen LogP) is 3.00. The van der Waals surface area contributed by atoms with Crippen molar-refractivity contribution in [2.45, 2.75) is 12.8 Å². The van der Waals surface area contributed by atoms with Gasteiger partial charge < -0.3 is 15.1 Å². The van der Waals surface area contributed by atoms with E-state index >= 15 is 0 Å². The highest BCUT2D eigenvalue weighted by molar-refractivity contribution is 14.1. The summed E-state index contributed by atoms with van der Waals surface area (Å²) in [6, 6.07) is 7.45. The highest BCUT2D eigenvalue weighted by atomic mass is 127. The summed E-state index contributed by atoms with van der Waals surface area (Å²) in [5.74, 6) is 1.28. The lowest BCUT2D eigenvalue weighted by Gasteiger charge is -2.21. The van der Waals surface area contributed by atoms with Crippen LogP contribution in [0.4, 0.5) is 17.5 Å². The monoisotopic (exact) mass is 437 g/mol. The molecule has 1 aromatic carbocycles. The van der Waals surface area contributed by atoms with Crippen molar-refractivity contribution in [1.29, 1.82) is 0 Å². The van der Waals surface area contributed by atoms with Crippen LogP contribution in [0.15, 0.2) is 30.5 Å². The van der Waals surface area contributed by atoms with Gasteiger partial charge in [-0.25, -0.2) is 4.98 Å². The Morgan fingerprint density at radius 2 is 1.88 bits per heavy atom. The Morgan fingerprint density at radius 1 is 1.21 bits per heavy atom. The standard InChI is InChI=1S/C17H20IN5O/c1-22(2)15-14(11-19-17(21-15)23-9-3-4-10-23)20-16(24)12-5-7-13(18)8-6-12/h5-8,11H,3-4,9-10H2,1-2H3,(H,20,24). The zero-order chi connectivity index (χ0) is 17.1. The number of carbonyl (C=O) groups excluding carboxylic acids is 1. The third-order valence-electron chi connectivity index (χ3n) is 3.92. The van der Waals surface area contributed by atoms with E-state index in [0.717, 1.165) is 22.6 Å². The molecule has 3 rings (SSSR count). The van der Waals surface area contributed by atoms with Gasteiger partial charge in [-0.15, -0.1) is 0 Å². The zero-order valence-corrected chi connectivity index (χ0v) is 15.9. The second kappa shape index (κ2) is 7.33. The van der Waals surface area contributed by atoms with Gasteiger partial charge in [0.25, 0.3) is 5.91 Å². The number of hydrogen-bond acceptors (Lipinski definition) is 5. The molecule has 1 amide bonds. The van der Waals surface area contributed by atoms with Crippen molar-refractivity contribution in [3.05, 3.63) is 39.6 Å². The maximum Gasteiger partial charge on any atom is 0.255 e. The van der Waals surface area contributed by atoms with Crippen LogP contribution in [0.2, 0.25) is 0 Å². The van der Waals surface area contributed by atoms with Crippen LogP contribution in [0.25, 0.3) is 0 Å². The normalized spacial score (nSPS) is 13.9. The molecule has 1 N–H and O–H groups in total. The Morgan fingerprint density at radius 3 is 2.50 bits per heavy atom. The van der Waals surface area contributed by atoms with E-state index in [1.54, 1.807) is 6.20 Å². The second-order valence-electron chi connectivity index (χ2n) is 5.96. The minimum atomic E-state index is -0.160. The fourth-order valence-electron chi connectivity index (χ4n) is 2.66. The average Bonchev–Trinajstić information content (AvgIpc) is 3.10. The zero-order valence-electron chi connectivity index (χ0n) is 13.8. The van der Waals surface area contributed by atoms with Crippen molar-refractivity contribution < 1.29 is 4.79 Å². The molecule has 0 spiro atoms. The summed E-state index contributed by atoms with van der Waals surface area (Å²) in [5, 5.41) is 2.92. The molecule has 0 aliphatic carbocycles. The van der Waals surface area contributed by atoms with E-state index in [0.29, 0.717) is 17.1 Å². The predicted molar refractivity (Wildman–Crippen MR) is 105 cm³/mol. The average molecular weight is 437 g/mol. The number of nitrogens with one attached hydrogen (secondary N) is 1. The number of rotatable bonds is 4. The number of halogens is 1. The van der Waals surface area contributed by atoms with Gasteiger partial charge in [-0.2, -0.15) is 4.98 Å². The van der Waals surface area contributed by atoms with E-state index in [4.69, 9.17) is 0 Å². The van der Waals surface area contributed by atoms with Crippen molar-refractivity contribution in [3.63, 3.8) is 0 Å². The fourth-order valence-corrected chi connectivity index (χ4v) is 3.02. The number of hydrogen-bond donors (Lipinski definition) is 1. The Bertz CT molecular complexity index is 726. The molecule has 24 heavy (non-hydrogen) atoms. The molecule has 1 aromatic heterocycles. The quantitative estimate of drug-likeness (QED) is 0.746. The van der Waals surface area contributed by atoms with Crippen LogP contribution < -0.4 is 15.1 Å². The summed E-state index contributed by atoms with van der Waals surface area (Å²) in [7, 11) is 3.83. The smallest absolute Gasteiger partial charge is 0.255 e. The van der Waals surface area contributed by atoms with Crippen LogP contribution in [0, 0.1) is 3.57 Å². The molecular formula is C17H20IN5O. The topological polar surface area (TPSA) is 61.4 Å². The lowest BCUT2D eigenvalue weighted by atomic mass is 10.2. The van der Waals surface area contributed by atoms with Crippen LogP contribution in [0.5, 0.6) is 0 Å². The van der Waals surface area contributed by atoms with Gasteiger partial charge >= 0.3 is 0 Å². The molecule has 0 radical (unpaired) electrons. The third kappa shape index (κ3) is 3.77. The van der Waals surface area contributed by atoms with Crippen LogP contribution in [-0.4, -0.2) is 43.1 Å². The molecule has 7 heteroatoms. The lowest BCUT2D eigenvalue weighted by molar-refractivity contribution is 0.102. The summed E-state index contributed by atoms with van der Waals surface area (Å²) in [6.07, 6.45) is 4.04. The van der Waals surface area contributed by atoms with Gasteiger partial charge in [-0.1, -0.05) is 0 Å². The third-order valence-corrected chi connectivity index (χ3v) is 4.64.